The molecule has 2 aromatic carbocycles. The summed E-state index contributed by atoms with van der Waals surface area (Å²) in [6.07, 6.45) is 1.44. The van der Waals surface area contributed by atoms with Crippen molar-refractivity contribution in [2.24, 2.45) is 11.8 Å². The summed E-state index contributed by atoms with van der Waals surface area (Å²) in [5.41, 5.74) is -0.795. The van der Waals surface area contributed by atoms with Gasteiger partial charge in [0.1, 0.15) is 0 Å². The van der Waals surface area contributed by atoms with Crippen LogP contribution in [0.25, 0.3) is 0 Å². The summed E-state index contributed by atoms with van der Waals surface area (Å²) in [5.74, 6) is -3.94. The van der Waals surface area contributed by atoms with Gasteiger partial charge in [-0.25, -0.2) is 4.79 Å². The van der Waals surface area contributed by atoms with Crippen LogP contribution in [-0.4, -0.2) is 46.6 Å². The van der Waals surface area contributed by atoms with E-state index >= 15 is 0 Å². The highest BCUT2D eigenvalue weighted by atomic mass is 16.5. The number of carbonyl (C=O) groups excluding carboxylic acids is 2. The number of benzene rings is 2. The first-order chi connectivity index (χ1) is 15.4. The fraction of sp³-hybridized carbons (Fsp3) is 0.375. The van der Waals surface area contributed by atoms with Crippen molar-refractivity contribution >= 4 is 17.8 Å². The standard InChI is InChI=1S/C24H26N2O6/c1-3-4-12-26-21(28)18-19(22(26)29)24(23(30)31,15-8-6-5-7-9-15)25-20(18)14-10-11-16(27)17(13-14)32-2/h5-11,13,18-20,25,27H,3-4,12H2,1-2H3,(H,30,31). The number of nitrogens with one attached hydrogen (secondary N) is 1. The Kier molecular flexibility index (Phi) is 5.64. The van der Waals surface area contributed by atoms with Crippen LogP contribution in [0.5, 0.6) is 11.5 Å². The van der Waals surface area contributed by atoms with E-state index in [2.05, 4.69) is 5.32 Å². The summed E-state index contributed by atoms with van der Waals surface area (Å²) in [7, 11) is 1.41. The number of ether oxygens (including phenoxy) is 1. The second-order valence-electron chi connectivity index (χ2n) is 8.22. The molecule has 0 aromatic heterocycles. The number of hydrogen-bond donors (Lipinski definition) is 3. The van der Waals surface area contributed by atoms with E-state index in [1.54, 1.807) is 42.5 Å². The molecule has 2 aliphatic heterocycles. The van der Waals surface area contributed by atoms with Gasteiger partial charge in [0.15, 0.2) is 17.0 Å². The SMILES string of the molecule is CCCCN1C(=O)C2C(c3ccc(O)c(OC)c3)NC(C(=O)O)(c3ccccc3)C2C1=O. The maximum atomic E-state index is 13.5. The first-order valence-electron chi connectivity index (χ1n) is 10.7. The summed E-state index contributed by atoms with van der Waals surface area (Å²) < 4.78 is 5.21. The molecule has 2 fully saturated rings. The van der Waals surface area contributed by atoms with Gasteiger partial charge in [0.25, 0.3) is 0 Å². The van der Waals surface area contributed by atoms with Gasteiger partial charge in [0, 0.05) is 12.6 Å². The maximum Gasteiger partial charge on any atom is 0.329 e. The zero-order chi connectivity index (χ0) is 23.0. The zero-order valence-corrected chi connectivity index (χ0v) is 17.9. The van der Waals surface area contributed by atoms with Crippen LogP contribution in [0.2, 0.25) is 0 Å². The van der Waals surface area contributed by atoms with Crippen molar-refractivity contribution in [1.29, 1.82) is 0 Å². The molecule has 2 amide bonds. The second kappa shape index (κ2) is 8.27. The molecule has 8 nitrogen and oxygen atoms in total. The third-order valence-electron chi connectivity index (χ3n) is 6.52. The first kappa shape index (κ1) is 21.8. The minimum absolute atomic E-state index is 0.0725. The number of rotatable bonds is 7. The minimum atomic E-state index is -1.77. The largest absolute Gasteiger partial charge is 0.504 e. The Morgan fingerprint density at radius 2 is 1.88 bits per heavy atom. The van der Waals surface area contributed by atoms with Gasteiger partial charge in [-0.3, -0.25) is 19.8 Å². The number of imide groups is 1. The van der Waals surface area contributed by atoms with Gasteiger partial charge in [-0.15, -0.1) is 0 Å². The fourth-order valence-electron chi connectivity index (χ4n) is 4.96. The van der Waals surface area contributed by atoms with Gasteiger partial charge < -0.3 is 14.9 Å². The van der Waals surface area contributed by atoms with Gasteiger partial charge in [0.2, 0.25) is 11.8 Å². The number of aliphatic carboxylic acids is 1. The molecule has 32 heavy (non-hydrogen) atoms. The number of unbranched alkanes of at least 4 members (excludes halogenated alkanes) is 1. The number of phenols is 1. The Morgan fingerprint density at radius 3 is 2.50 bits per heavy atom. The first-order valence-corrected chi connectivity index (χ1v) is 10.7. The van der Waals surface area contributed by atoms with Crippen molar-refractivity contribution in [3.8, 4) is 11.5 Å². The number of nitrogens with zero attached hydrogens (tertiary/aromatic N) is 1. The molecular formula is C24H26N2O6. The molecule has 0 spiro atoms. The third kappa shape index (κ3) is 3.14. The number of methoxy groups -OCH3 is 1. The van der Waals surface area contributed by atoms with Crippen LogP contribution < -0.4 is 10.1 Å². The van der Waals surface area contributed by atoms with E-state index in [1.165, 1.54) is 18.1 Å². The van der Waals surface area contributed by atoms with Gasteiger partial charge in [-0.05, 0) is 29.7 Å². The van der Waals surface area contributed by atoms with E-state index in [-0.39, 0.29) is 24.0 Å². The van der Waals surface area contributed by atoms with Crippen molar-refractivity contribution in [3.63, 3.8) is 0 Å². The summed E-state index contributed by atoms with van der Waals surface area (Å²) in [5, 5.41) is 23.6. The number of carboxylic acids is 1. The van der Waals surface area contributed by atoms with Crippen molar-refractivity contribution in [2.45, 2.75) is 31.3 Å². The molecule has 4 unspecified atom stereocenters. The molecule has 2 heterocycles. The Bertz CT molecular complexity index is 1060. The lowest BCUT2D eigenvalue weighted by atomic mass is 9.75. The van der Waals surface area contributed by atoms with Crippen LogP contribution in [0, 0.1) is 11.8 Å². The van der Waals surface area contributed by atoms with Gasteiger partial charge in [-0.1, -0.05) is 49.7 Å². The predicted molar refractivity (Wildman–Crippen MR) is 115 cm³/mol. The molecule has 0 saturated carbocycles. The molecule has 2 aromatic rings. The average Bonchev–Trinajstić information content (AvgIpc) is 3.28. The number of hydrogen-bond acceptors (Lipinski definition) is 6. The minimum Gasteiger partial charge on any atom is -0.504 e. The van der Waals surface area contributed by atoms with E-state index in [4.69, 9.17) is 4.74 Å². The Morgan fingerprint density at radius 1 is 1.16 bits per heavy atom. The molecule has 0 radical (unpaired) electrons. The van der Waals surface area contributed by atoms with Crippen molar-refractivity contribution < 1.29 is 29.3 Å². The van der Waals surface area contributed by atoms with Gasteiger partial charge in [-0.2, -0.15) is 0 Å². The van der Waals surface area contributed by atoms with E-state index < -0.39 is 35.3 Å². The fourth-order valence-corrected chi connectivity index (χ4v) is 4.96. The van der Waals surface area contributed by atoms with Gasteiger partial charge in [0.05, 0.1) is 18.9 Å². The van der Waals surface area contributed by atoms with Gasteiger partial charge >= 0.3 is 5.97 Å². The molecule has 4 atom stereocenters. The Balaban J connectivity index is 1.89. The third-order valence-corrected chi connectivity index (χ3v) is 6.52. The van der Waals surface area contributed by atoms with Crippen molar-refractivity contribution in [3.05, 3.63) is 59.7 Å². The number of carbonyl (C=O) groups is 3. The summed E-state index contributed by atoms with van der Waals surface area (Å²) in [6.45, 7) is 2.22. The molecular weight excluding hydrogens is 412 g/mol. The highest BCUT2D eigenvalue weighted by Gasteiger charge is 2.69. The lowest BCUT2D eigenvalue weighted by Crippen LogP contribution is -2.53. The van der Waals surface area contributed by atoms with Crippen molar-refractivity contribution in [2.75, 3.05) is 13.7 Å². The number of aromatic hydroxyl groups is 1. The number of amides is 2. The number of fused-ring (bicyclic) bond motifs is 1. The second-order valence-corrected chi connectivity index (χ2v) is 8.22. The smallest absolute Gasteiger partial charge is 0.329 e. The lowest BCUT2D eigenvalue weighted by molar-refractivity contribution is -0.152. The van der Waals surface area contributed by atoms with Crippen LogP contribution in [0.3, 0.4) is 0 Å². The molecule has 4 rings (SSSR count). The van der Waals surface area contributed by atoms with Crippen LogP contribution in [0.15, 0.2) is 48.5 Å². The molecule has 0 aliphatic carbocycles. The van der Waals surface area contributed by atoms with Crippen LogP contribution in [0.4, 0.5) is 0 Å². The molecule has 0 bridgehead atoms. The predicted octanol–water partition coefficient (Wildman–Crippen LogP) is 2.43. The Hall–Kier alpha value is -3.39. The highest BCUT2D eigenvalue weighted by Crippen LogP contribution is 2.53. The van der Waals surface area contributed by atoms with E-state index in [0.717, 1.165) is 6.42 Å². The molecule has 2 saturated heterocycles. The van der Waals surface area contributed by atoms with E-state index in [0.29, 0.717) is 17.5 Å². The van der Waals surface area contributed by atoms with Crippen LogP contribution in [-0.2, 0) is 19.9 Å². The highest BCUT2D eigenvalue weighted by molar-refractivity contribution is 6.09. The summed E-state index contributed by atoms with van der Waals surface area (Å²) >= 11 is 0. The normalized spacial score (nSPS) is 26.9. The van der Waals surface area contributed by atoms with Crippen molar-refractivity contribution in [1.82, 2.24) is 10.2 Å². The number of carboxylic acid groups (broad SMARTS) is 1. The number of likely N-dealkylation sites (tertiary alicyclic amines) is 1. The lowest BCUT2D eigenvalue weighted by Gasteiger charge is -2.31. The zero-order valence-electron chi connectivity index (χ0n) is 17.9. The topological polar surface area (TPSA) is 116 Å². The van der Waals surface area contributed by atoms with Crippen LogP contribution in [0.1, 0.15) is 36.9 Å². The van der Waals surface area contributed by atoms with Crippen LogP contribution >= 0.6 is 0 Å². The molecule has 168 valence electrons. The molecule has 2 aliphatic rings. The monoisotopic (exact) mass is 438 g/mol. The average molecular weight is 438 g/mol. The quantitative estimate of drug-likeness (QED) is 0.569. The molecule has 3 N–H and O–H groups in total. The maximum absolute atomic E-state index is 13.5. The Labute approximate surface area is 185 Å². The summed E-state index contributed by atoms with van der Waals surface area (Å²) in [6, 6.07) is 12.4. The number of phenolic OH excluding ortho intramolecular Hbond substituents is 1. The molecule has 8 heteroatoms. The van der Waals surface area contributed by atoms with E-state index in [9.17, 15) is 24.6 Å². The summed E-state index contributed by atoms with van der Waals surface area (Å²) in [4.78, 5) is 40.9. The van der Waals surface area contributed by atoms with E-state index in [1.807, 2.05) is 6.92 Å².